The van der Waals surface area contributed by atoms with E-state index in [2.05, 4.69) is 11.4 Å². The van der Waals surface area contributed by atoms with Crippen molar-refractivity contribution in [3.05, 3.63) is 64.3 Å². The van der Waals surface area contributed by atoms with Gasteiger partial charge in [-0.05, 0) is 36.8 Å². The van der Waals surface area contributed by atoms with E-state index in [0.717, 1.165) is 6.07 Å². The van der Waals surface area contributed by atoms with Gasteiger partial charge in [0.2, 0.25) is 0 Å². The Morgan fingerprint density at radius 2 is 2.25 bits per heavy atom. The molecule has 0 fully saturated rings. The Bertz CT molecular complexity index is 967. The van der Waals surface area contributed by atoms with Gasteiger partial charge < -0.3 is 19.6 Å². The number of aliphatic carboxylic acids is 1. The average Bonchev–Trinajstić information content (AvgIpc) is 3.18. The van der Waals surface area contributed by atoms with Crippen molar-refractivity contribution >= 4 is 23.3 Å². The third-order valence-electron chi connectivity index (χ3n) is 5.16. The molecule has 0 amide bonds. The molecular weight excluding hydrogens is 387 g/mol. The number of furan rings is 1. The highest BCUT2D eigenvalue weighted by Crippen LogP contribution is 2.51. The summed E-state index contributed by atoms with van der Waals surface area (Å²) in [5, 5.41) is 23.2. The lowest BCUT2D eigenvalue weighted by Crippen LogP contribution is -2.57. The molecule has 1 aromatic carbocycles. The number of hydrogen-bond donors (Lipinski definition) is 2. The second-order valence-electron chi connectivity index (χ2n) is 6.72. The second kappa shape index (κ2) is 7.66. The maximum atomic E-state index is 13.6. The summed E-state index contributed by atoms with van der Waals surface area (Å²) in [4.78, 5) is 12.4. The summed E-state index contributed by atoms with van der Waals surface area (Å²) >= 11 is 6.27. The van der Waals surface area contributed by atoms with E-state index in [1.54, 1.807) is 12.1 Å². The Kier molecular flexibility index (Phi) is 5.45. The number of carbonyl (C=O) groups is 1. The molecule has 1 aliphatic rings. The lowest BCUT2D eigenvalue weighted by atomic mass is 9.63. The summed E-state index contributed by atoms with van der Waals surface area (Å²) in [6.07, 6.45) is 1.45. The normalized spacial score (nSPS) is 24.5. The van der Waals surface area contributed by atoms with Crippen LogP contribution in [0.2, 0.25) is 5.02 Å². The summed E-state index contributed by atoms with van der Waals surface area (Å²) in [5.74, 6) is -2.27. The minimum atomic E-state index is -1.50. The van der Waals surface area contributed by atoms with Gasteiger partial charge in [0.25, 0.3) is 0 Å². The fourth-order valence-corrected chi connectivity index (χ4v) is 3.94. The van der Waals surface area contributed by atoms with Gasteiger partial charge in [-0.25, -0.2) is 4.39 Å². The second-order valence-corrected chi connectivity index (χ2v) is 7.12. The summed E-state index contributed by atoms with van der Waals surface area (Å²) in [5.41, 5.74) is -0.658. The number of nitrogens with one attached hydrogen (secondary N) is 1. The zero-order valence-corrected chi connectivity index (χ0v) is 16.0. The van der Waals surface area contributed by atoms with E-state index in [1.165, 1.54) is 32.4 Å². The van der Waals surface area contributed by atoms with Crippen LogP contribution >= 0.6 is 11.6 Å². The number of nitrogens with zero attached hydrogens (tertiary/aromatic N) is 1. The summed E-state index contributed by atoms with van der Waals surface area (Å²) in [6.45, 7) is 1.58. The minimum Gasteiger partial charge on any atom is -0.481 e. The molecule has 1 aromatic heterocycles. The quantitative estimate of drug-likeness (QED) is 0.787. The highest BCUT2D eigenvalue weighted by molar-refractivity contribution is 6.31. The van der Waals surface area contributed by atoms with E-state index in [9.17, 15) is 19.6 Å². The first-order valence-corrected chi connectivity index (χ1v) is 8.84. The monoisotopic (exact) mass is 404 g/mol. The maximum Gasteiger partial charge on any atom is 0.312 e. The van der Waals surface area contributed by atoms with E-state index in [1.807, 2.05) is 0 Å². The molecule has 2 aromatic rings. The molecule has 3 rings (SSSR count). The van der Waals surface area contributed by atoms with Gasteiger partial charge in [-0.2, -0.15) is 5.26 Å². The van der Waals surface area contributed by atoms with Crippen molar-refractivity contribution < 1.29 is 23.4 Å². The number of benzene rings is 1. The fourth-order valence-electron chi connectivity index (χ4n) is 3.66. The molecule has 3 unspecified atom stereocenters. The van der Waals surface area contributed by atoms with Gasteiger partial charge in [-0.1, -0.05) is 17.7 Å². The van der Waals surface area contributed by atoms with Crippen molar-refractivity contribution in [1.29, 1.82) is 5.26 Å². The molecule has 0 radical (unpaired) electrons. The number of ether oxygens (including phenoxy) is 1. The Labute approximate surface area is 166 Å². The molecule has 0 aliphatic carbocycles. The van der Waals surface area contributed by atoms with Crippen molar-refractivity contribution in [3.63, 3.8) is 0 Å². The van der Waals surface area contributed by atoms with Crippen LogP contribution in [0.5, 0.6) is 0 Å². The van der Waals surface area contributed by atoms with Gasteiger partial charge >= 0.3 is 5.97 Å². The molecule has 2 N–H and O–H groups in total. The van der Waals surface area contributed by atoms with Gasteiger partial charge in [0.15, 0.2) is 5.76 Å². The lowest BCUT2D eigenvalue weighted by molar-refractivity contribution is -0.152. The molecule has 28 heavy (non-hydrogen) atoms. The van der Waals surface area contributed by atoms with E-state index < -0.39 is 29.2 Å². The topological polar surface area (TPSA) is 95.5 Å². The molecular formula is C20H18ClFN2O4. The van der Waals surface area contributed by atoms with Crippen LogP contribution in [0.4, 0.5) is 4.39 Å². The predicted molar refractivity (Wildman–Crippen MR) is 99.9 cm³/mol. The van der Waals surface area contributed by atoms with Crippen molar-refractivity contribution in [1.82, 2.24) is 5.32 Å². The smallest absolute Gasteiger partial charge is 0.312 e. The van der Waals surface area contributed by atoms with Crippen molar-refractivity contribution in [2.45, 2.75) is 18.9 Å². The van der Waals surface area contributed by atoms with E-state index in [4.69, 9.17) is 20.8 Å². The Morgan fingerprint density at radius 1 is 1.50 bits per heavy atom. The largest absolute Gasteiger partial charge is 0.481 e. The van der Waals surface area contributed by atoms with Crippen LogP contribution in [0.3, 0.4) is 0 Å². The SMILES string of the molecule is COCC1NC(c2ccco2)=C(C#N)C(c2ccc(F)cc2Cl)C1(C)C(=O)O. The zero-order chi connectivity index (χ0) is 20.5. The molecule has 146 valence electrons. The van der Waals surface area contributed by atoms with Crippen LogP contribution in [0.15, 0.2) is 46.6 Å². The third kappa shape index (κ3) is 3.15. The molecule has 2 heterocycles. The van der Waals surface area contributed by atoms with Crippen LogP contribution in [0.25, 0.3) is 5.70 Å². The summed E-state index contributed by atoms with van der Waals surface area (Å²) < 4.78 is 24.3. The molecule has 0 saturated heterocycles. The molecule has 1 aliphatic heterocycles. The number of nitriles is 1. The molecule has 8 heteroatoms. The first kappa shape index (κ1) is 19.9. The molecule has 0 spiro atoms. The van der Waals surface area contributed by atoms with Gasteiger partial charge in [0, 0.05) is 18.1 Å². The summed E-state index contributed by atoms with van der Waals surface area (Å²) in [7, 11) is 1.46. The van der Waals surface area contributed by atoms with Crippen molar-refractivity contribution in [3.8, 4) is 6.07 Å². The van der Waals surface area contributed by atoms with Crippen LogP contribution in [-0.4, -0.2) is 30.8 Å². The van der Waals surface area contributed by atoms with Crippen molar-refractivity contribution in [2.75, 3.05) is 13.7 Å². The average molecular weight is 405 g/mol. The number of carboxylic acids is 1. The van der Waals surface area contributed by atoms with Gasteiger partial charge in [0.1, 0.15) is 5.82 Å². The fraction of sp³-hybridized carbons (Fsp3) is 0.300. The number of halogens is 2. The Morgan fingerprint density at radius 3 is 2.79 bits per heavy atom. The first-order valence-electron chi connectivity index (χ1n) is 8.46. The number of allylic oxidation sites excluding steroid dienone is 1. The molecule has 6 nitrogen and oxygen atoms in total. The molecule has 0 bridgehead atoms. The van der Waals surface area contributed by atoms with Gasteiger partial charge in [0.05, 0.1) is 41.7 Å². The minimum absolute atomic E-state index is 0.0436. The van der Waals surface area contributed by atoms with E-state index in [-0.39, 0.29) is 17.2 Å². The molecule has 0 saturated carbocycles. The number of carboxylic acid groups (broad SMARTS) is 1. The first-order chi connectivity index (χ1) is 13.3. The third-order valence-corrected chi connectivity index (χ3v) is 5.48. The van der Waals surface area contributed by atoms with E-state index >= 15 is 0 Å². The highest BCUT2D eigenvalue weighted by atomic mass is 35.5. The van der Waals surface area contributed by atoms with Crippen molar-refractivity contribution in [2.24, 2.45) is 5.41 Å². The van der Waals surface area contributed by atoms with Crippen LogP contribution in [-0.2, 0) is 9.53 Å². The number of hydrogen-bond acceptors (Lipinski definition) is 5. The molecule has 3 atom stereocenters. The van der Waals surface area contributed by atoms with Crippen LogP contribution < -0.4 is 5.32 Å². The number of rotatable bonds is 5. The Balaban J connectivity index is 2.34. The zero-order valence-electron chi connectivity index (χ0n) is 15.2. The predicted octanol–water partition coefficient (Wildman–Crippen LogP) is 3.80. The standard InChI is InChI=1S/C20H18ClFN2O4/c1-20(19(25)26)16(10-27-2)24-18(15-4-3-7-28-15)13(9-23)17(20)12-6-5-11(22)8-14(12)21/h3-8,16-17,24H,10H2,1-2H3,(H,25,26). The van der Waals surface area contributed by atoms with Crippen LogP contribution in [0, 0.1) is 22.6 Å². The number of methoxy groups -OCH3 is 1. The highest BCUT2D eigenvalue weighted by Gasteiger charge is 2.55. The maximum absolute atomic E-state index is 13.6. The van der Waals surface area contributed by atoms with E-state index in [0.29, 0.717) is 17.0 Å². The van der Waals surface area contributed by atoms with Crippen LogP contribution in [0.1, 0.15) is 24.2 Å². The van der Waals surface area contributed by atoms with Gasteiger partial charge in [-0.15, -0.1) is 0 Å². The lowest BCUT2D eigenvalue weighted by Gasteiger charge is -2.45. The summed E-state index contributed by atoms with van der Waals surface area (Å²) in [6, 6.07) is 8.43. The Hall–Kier alpha value is -2.82. The van der Waals surface area contributed by atoms with Gasteiger partial charge in [-0.3, -0.25) is 4.79 Å².